The molecule has 0 aliphatic rings. The van der Waals surface area contributed by atoms with Crippen LogP contribution in [0.5, 0.6) is 0 Å². The average molecular weight is 642 g/mol. The molecule has 236 valence electrons. The Labute approximate surface area is 288 Å². The van der Waals surface area contributed by atoms with E-state index in [1.807, 2.05) is 48.9 Å². The van der Waals surface area contributed by atoms with Gasteiger partial charge >= 0.3 is 0 Å². The van der Waals surface area contributed by atoms with Gasteiger partial charge in [0.25, 0.3) is 0 Å². The lowest BCUT2D eigenvalue weighted by atomic mass is 9.89. The van der Waals surface area contributed by atoms with Crippen molar-refractivity contribution in [3.05, 3.63) is 163 Å². The topological polar surface area (TPSA) is 48.0 Å². The van der Waals surface area contributed by atoms with Gasteiger partial charge in [-0.05, 0) is 101 Å². The number of pyridine rings is 3. The van der Waals surface area contributed by atoms with Crippen molar-refractivity contribution in [1.29, 1.82) is 0 Å². The first-order chi connectivity index (χ1) is 24.6. The fourth-order valence-electron chi connectivity index (χ4n) is 7.81. The van der Waals surface area contributed by atoms with Gasteiger partial charge in [-0.25, -0.2) is 9.97 Å². The van der Waals surface area contributed by atoms with Gasteiger partial charge in [0, 0.05) is 63.6 Å². The van der Waals surface area contributed by atoms with Gasteiger partial charge in [0.15, 0.2) is 0 Å². The number of aromatic nitrogens is 5. The molecular weight excluding hydrogens is 611 g/mol. The Morgan fingerprint density at radius 1 is 0.520 bits per heavy atom. The van der Waals surface area contributed by atoms with Crippen LogP contribution in [0.2, 0.25) is 0 Å². The lowest BCUT2D eigenvalue weighted by Gasteiger charge is -2.16. The summed E-state index contributed by atoms with van der Waals surface area (Å²) < 4.78 is 4.51. The van der Waals surface area contributed by atoms with Gasteiger partial charge in [0.1, 0.15) is 5.65 Å². The first kappa shape index (κ1) is 28.4. The Hall–Kier alpha value is -6.59. The summed E-state index contributed by atoms with van der Waals surface area (Å²) in [6.45, 7) is 4.52. The fraction of sp³-hybridized carbons (Fsp3) is 0.0444. The zero-order chi connectivity index (χ0) is 33.3. The van der Waals surface area contributed by atoms with Crippen LogP contribution >= 0.6 is 0 Å². The molecule has 0 saturated heterocycles. The van der Waals surface area contributed by atoms with Crippen LogP contribution in [0, 0.1) is 13.8 Å². The zero-order valence-corrected chi connectivity index (χ0v) is 27.7. The molecule has 0 bridgehead atoms. The molecule has 5 heteroatoms. The highest BCUT2D eigenvalue weighted by Crippen LogP contribution is 2.45. The maximum absolute atomic E-state index is 5.19. The van der Waals surface area contributed by atoms with Gasteiger partial charge in [-0.1, -0.05) is 72.8 Å². The first-order valence-electron chi connectivity index (χ1n) is 16.9. The number of benzene rings is 5. The summed E-state index contributed by atoms with van der Waals surface area (Å²) in [5.41, 5.74) is 12.0. The highest BCUT2D eigenvalue weighted by molar-refractivity contribution is 6.33. The van der Waals surface area contributed by atoms with Crippen LogP contribution in [0.25, 0.3) is 88.3 Å². The standard InChI is InChI=1S/C45H31N5/c1-28-29(2)50(32-19-17-30(18-20-32)41-27-49-25-8-7-16-42(49)48-41)45-36-13-6-4-11-34(36)38-26-37(33-10-3-5-12-35(33)44(38)43(28)45)40-15-9-14-39(47-40)31-21-23-46-24-22-31/h3-27H,1-2H3. The number of rotatable bonds is 4. The molecule has 10 aromatic rings. The second-order valence-electron chi connectivity index (χ2n) is 13.0. The molecule has 10 rings (SSSR count). The summed E-state index contributed by atoms with van der Waals surface area (Å²) >= 11 is 0. The van der Waals surface area contributed by atoms with E-state index in [2.05, 4.69) is 131 Å². The van der Waals surface area contributed by atoms with E-state index < -0.39 is 0 Å². The molecule has 5 heterocycles. The molecule has 0 aliphatic carbocycles. The van der Waals surface area contributed by atoms with Gasteiger partial charge in [-0.3, -0.25) is 4.98 Å². The monoisotopic (exact) mass is 641 g/mol. The van der Waals surface area contributed by atoms with Crippen LogP contribution in [-0.2, 0) is 0 Å². The highest BCUT2D eigenvalue weighted by atomic mass is 15.0. The Balaban J connectivity index is 1.23. The van der Waals surface area contributed by atoms with E-state index in [4.69, 9.17) is 9.97 Å². The molecule has 0 amide bonds. The third kappa shape index (κ3) is 4.23. The molecule has 0 spiro atoms. The van der Waals surface area contributed by atoms with Crippen LogP contribution in [0.4, 0.5) is 0 Å². The third-order valence-corrected chi connectivity index (χ3v) is 10.3. The zero-order valence-electron chi connectivity index (χ0n) is 27.7. The normalized spacial score (nSPS) is 11.8. The molecule has 5 aromatic carbocycles. The summed E-state index contributed by atoms with van der Waals surface area (Å²) in [5, 5.41) is 8.70. The molecule has 0 aliphatic heterocycles. The van der Waals surface area contributed by atoms with E-state index >= 15 is 0 Å². The Bertz CT molecular complexity index is 2900. The molecule has 0 unspecified atom stereocenters. The van der Waals surface area contributed by atoms with Gasteiger partial charge in [-0.2, -0.15) is 0 Å². The summed E-state index contributed by atoms with van der Waals surface area (Å²) in [6.07, 6.45) is 7.77. The Kier molecular flexibility index (Phi) is 6.24. The van der Waals surface area contributed by atoms with Crippen molar-refractivity contribution in [1.82, 2.24) is 23.9 Å². The summed E-state index contributed by atoms with van der Waals surface area (Å²) in [7, 11) is 0. The number of imidazole rings is 1. The number of nitrogens with zero attached hydrogens (tertiary/aromatic N) is 5. The molecule has 0 radical (unpaired) electrons. The minimum absolute atomic E-state index is 0.935. The molecular formula is C45H31N5. The lowest BCUT2D eigenvalue weighted by molar-refractivity contribution is 1.04. The van der Waals surface area contributed by atoms with Gasteiger partial charge < -0.3 is 8.97 Å². The Morgan fingerprint density at radius 2 is 1.22 bits per heavy atom. The molecule has 0 fully saturated rings. The van der Waals surface area contributed by atoms with E-state index in [9.17, 15) is 0 Å². The van der Waals surface area contributed by atoms with E-state index in [-0.39, 0.29) is 0 Å². The molecule has 0 saturated carbocycles. The minimum Gasteiger partial charge on any atom is -0.313 e. The number of hydrogen-bond donors (Lipinski definition) is 0. The maximum Gasteiger partial charge on any atom is 0.137 e. The average Bonchev–Trinajstić information content (AvgIpc) is 3.73. The second-order valence-corrected chi connectivity index (χ2v) is 13.0. The van der Waals surface area contributed by atoms with E-state index in [0.717, 1.165) is 45.1 Å². The van der Waals surface area contributed by atoms with Crippen LogP contribution in [0.3, 0.4) is 0 Å². The Morgan fingerprint density at radius 3 is 2.02 bits per heavy atom. The molecule has 0 atom stereocenters. The quantitative estimate of drug-likeness (QED) is 0.180. The largest absolute Gasteiger partial charge is 0.313 e. The lowest BCUT2D eigenvalue weighted by Crippen LogP contribution is -1.98. The van der Waals surface area contributed by atoms with Crippen molar-refractivity contribution in [2.75, 3.05) is 0 Å². The van der Waals surface area contributed by atoms with Crippen molar-refractivity contribution in [2.24, 2.45) is 0 Å². The number of hydrogen-bond acceptors (Lipinski definition) is 3. The van der Waals surface area contributed by atoms with Crippen LogP contribution in [0.15, 0.2) is 152 Å². The van der Waals surface area contributed by atoms with Crippen LogP contribution in [0.1, 0.15) is 11.3 Å². The SMILES string of the molecule is Cc1c(C)n(-c2ccc(-c3cn4ccccc4n3)cc2)c2c3ccccc3c3cc(-c4cccc(-c5ccncc5)n4)c4ccccc4c3c12. The number of fused-ring (bicyclic) bond motifs is 9. The first-order valence-corrected chi connectivity index (χ1v) is 16.9. The third-order valence-electron chi connectivity index (χ3n) is 10.3. The number of aryl methyl sites for hydroxylation is 1. The summed E-state index contributed by atoms with van der Waals surface area (Å²) in [6, 6.07) is 45.3. The van der Waals surface area contributed by atoms with E-state index in [1.54, 1.807) is 0 Å². The molecule has 0 N–H and O–H groups in total. The predicted molar refractivity (Wildman–Crippen MR) is 206 cm³/mol. The van der Waals surface area contributed by atoms with Crippen molar-refractivity contribution in [3.8, 4) is 39.5 Å². The minimum atomic E-state index is 0.935. The van der Waals surface area contributed by atoms with E-state index in [0.29, 0.717) is 0 Å². The predicted octanol–water partition coefficient (Wildman–Crippen LogP) is 11.1. The van der Waals surface area contributed by atoms with Crippen molar-refractivity contribution in [2.45, 2.75) is 13.8 Å². The van der Waals surface area contributed by atoms with Crippen molar-refractivity contribution >= 4 is 48.9 Å². The van der Waals surface area contributed by atoms with Crippen LogP contribution < -0.4 is 0 Å². The van der Waals surface area contributed by atoms with Gasteiger partial charge in [0.05, 0.1) is 22.6 Å². The van der Waals surface area contributed by atoms with Gasteiger partial charge in [-0.15, -0.1) is 0 Å². The summed E-state index contributed by atoms with van der Waals surface area (Å²) in [4.78, 5) is 14.3. The summed E-state index contributed by atoms with van der Waals surface area (Å²) in [5.74, 6) is 0. The highest BCUT2D eigenvalue weighted by Gasteiger charge is 2.22. The second kappa shape index (κ2) is 11.0. The van der Waals surface area contributed by atoms with Gasteiger partial charge in [0.2, 0.25) is 0 Å². The van der Waals surface area contributed by atoms with E-state index in [1.165, 1.54) is 54.5 Å². The fourth-order valence-corrected chi connectivity index (χ4v) is 7.81. The van der Waals surface area contributed by atoms with Crippen LogP contribution in [-0.4, -0.2) is 23.9 Å². The maximum atomic E-state index is 5.19. The molecule has 5 aromatic heterocycles. The van der Waals surface area contributed by atoms with Crippen molar-refractivity contribution < 1.29 is 0 Å². The molecule has 5 nitrogen and oxygen atoms in total. The smallest absolute Gasteiger partial charge is 0.137 e. The molecule has 50 heavy (non-hydrogen) atoms. The van der Waals surface area contributed by atoms with Crippen molar-refractivity contribution in [3.63, 3.8) is 0 Å².